The summed E-state index contributed by atoms with van der Waals surface area (Å²) < 4.78 is 0. The van der Waals surface area contributed by atoms with E-state index in [0.717, 1.165) is 34.5 Å². The summed E-state index contributed by atoms with van der Waals surface area (Å²) in [5.74, 6) is 1.36. The van der Waals surface area contributed by atoms with Gasteiger partial charge in [0.1, 0.15) is 5.84 Å². The summed E-state index contributed by atoms with van der Waals surface area (Å²) in [6.45, 7) is 10.1. The third kappa shape index (κ3) is 3.79. The highest BCUT2D eigenvalue weighted by Crippen LogP contribution is 2.25. The van der Waals surface area contributed by atoms with Crippen molar-refractivity contribution in [2.24, 2.45) is 11.7 Å². The van der Waals surface area contributed by atoms with Gasteiger partial charge >= 0.3 is 0 Å². The minimum absolute atomic E-state index is 0.157. The number of nitrogens with two attached hydrogens (primary N) is 1. The molecule has 4 nitrogen and oxygen atoms in total. The average Bonchev–Trinajstić information content (AvgIpc) is 2.83. The van der Waals surface area contributed by atoms with Gasteiger partial charge in [0.25, 0.3) is 0 Å². The minimum atomic E-state index is 0.157. The van der Waals surface area contributed by atoms with Crippen LogP contribution in [0.15, 0.2) is 0 Å². The van der Waals surface area contributed by atoms with E-state index >= 15 is 0 Å². The predicted octanol–water partition coefficient (Wildman–Crippen LogP) is 2.82. The maximum absolute atomic E-state index is 7.67. The van der Waals surface area contributed by atoms with Gasteiger partial charge in [-0.15, -0.1) is 11.3 Å². The molecule has 1 aromatic rings. The first-order chi connectivity index (χ1) is 9.47. The molecule has 5 heteroatoms. The summed E-state index contributed by atoms with van der Waals surface area (Å²) >= 11 is 1.60. The average molecular weight is 294 g/mol. The van der Waals surface area contributed by atoms with Crippen LogP contribution in [-0.2, 0) is 6.42 Å². The Kier molecular flexibility index (Phi) is 5.16. The van der Waals surface area contributed by atoms with Crippen molar-refractivity contribution in [3.63, 3.8) is 0 Å². The first kappa shape index (κ1) is 15.4. The molecule has 1 aromatic heterocycles. The third-order valence-electron chi connectivity index (χ3n) is 4.01. The van der Waals surface area contributed by atoms with E-state index in [1.165, 1.54) is 25.9 Å². The third-order valence-corrected chi connectivity index (χ3v) is 5.17. The highest BCUT2D eigenvalue weighted by molar-refractivity contribution is 7.13. The number of hydrogen-bond acceptors (Lipinski definition) is 4. The Hall–Kier alpha value is -0.940. The lowest BCUT2D eigenvalue weighted by molar-refractivity contribution is 0.194. The molecule has 0 spiro atoms. The second kappa shape index (κ2) is 6.68. The zero-order chi connectivity index (χ0) is 14.7. The zero-order valence-electron chi connectivity index (χ0n) is 12.8. The number of hydrogen-bond donors (Lipinski definition) is 2. The molecular weight excluding hydrogens is 268 g/mol. The molecule has 2 rings (SSSR count). The summed E-state index contributed by atoms with van der Waals surface area (Å²) in [6.07, 6.45) is 3.60. The highest BCUT2D eigenvalue weighted by atomic mass is 32.1. The van der Waals surface area contributed by atoms with Gasteiger partial charge in [-0.25, -0.2) is 4.98 Å². The lowest BCUT2D eigenvalue weighted by atomic mass is 9.99. The summed E-state index contributed by atoms with van der Waals surface area (Å²) in [5.41, 5.74) is 6.65. The van der Waals surface area contributed by atoms with Gasteiger partial charge in [0.15, 0.2) is 0 Å². The van der Waals surface area contributed by atoms with E-state index in [2.05, 4.69) is 25.7 Å². The number of thiazole rings is 1. The molecule has 0 aliphatic carbocycles. The summed E-state index contributed by atoms with van der Waals surface area (Å²) in [5, 5.41) is 8.79. The maximum atomic E-state index is 7.67. The van der Waals surface area contributed by atoms with Gasteiger partial charge in [-0.05, 0) is 37.8 Å². The lowest BCUT2D eigenvalue weighted by Gasteiger charge is -2.29. The molecule has 0 amide bonds. The van der Waals surface area contributed by atoms with E-state index in [-0.39, 0.29) is 5.84 Å². The van der Waals surface area contributed by atoms with Crippen molar-refractivity contribution in [3.05, 3.63) is 15.6 Å². The van der Waals surface area contributed by atoms with Crippen LogP contribution in [0.2, 0.25) is 0 Å². The molecule has 0 aromatic carbocycles. The van der Waals surface area contributed by atoms with Gasteiger partial charge in [0.2, 0.25) is 0 Å². The molecule has 0 saturated carbocycles. The Balaban J connectivity index is 1.96. The number of nitrogens with zero attached hydrogens (tertiary/aromatic N) is 2. The number of likely N-dealkylation sites (tertiary alicyclic amines) is 1. The van der Waals surface area contributed by atoms with Gasteiger partial charge in [0, 0.05) is 13.0 Å². The SMILES string of the molecule is CC1CCN(CCc2nc(C(C)C)c(C(=N)N)s2)CC1. The van der Waals surface area contributed by atoms with Gasteiger partial charge in [0.05, 0.1) is 15.6 Å². The van der Waals surface area contributed by atoms with E-state index in [0.29, 0.717) is 5.92 Å². The molecule has 1 aliphatic rings. The molecule has 0 unspecified atom stereocenters. The number of nitrogen functional groups attached to an aromatic ring is 1. The van der Waals surface area contributed by atoms with Crippen molar-refractivity contribution in [2.45, 2.75) is 46.0 Å². The van der Waals surface area contributed by atoms with Crippen LogP contribution in [0.5, 0.6) is 0 Å². The molecule has 112 valence electrons. The van der Waals surface area contributed by atoms with Gasteiger partial charge in [-0.2, -0.15) is 0 Å². The van der Waals surface area contributed by atoms with Gasteiger partial charge in [-0.3, -0.25) is 5.41 Å². The van der Waals surface area contributed by atoms with Crippen LogP contribution in [-0.4, -0.2) is 35.4 Å². The van der Waals surface area contributed by atoms with Crippen LogP contribution in [0.1, 0.15) is 55.1 Å². The largest absolute Gasteiger partial charge is 0.383 e. The molecule has 1 fully saturated rings. The Morgan fingerprint density at radius 3 is 2.60 bits per heavy atom. The van der Waals surface area contributed by atoms with Crippen molar-refractivity contribution in [1.29, 1.82) is 5.41 Å². The molecule has 0 radical (unpaired) electrons. The molecule has 1 aliphatic heterocycles. The number of rotatable bonds is 5. The molecule has 0 bridgehead atoms. The van der Waals surface area contributed by atoms with Crippen LogP contribution in [0.4, 0.5) is 0 Å². The fourth-order valence-corrected chi connectivity index (χ4v) is 3.68. The summed E-state index contributed by atoms with van der Waals surface area (Å²) in [4.78, 5) is 8.10. The van der Waals surface area contributed by atoms with Gasteiger partial charge < -0.3 is 10.6 Å². The number of aromatic nitrogens is 1. The summed E-state index contributed by atoms with van der Waals surface area (Å²) in [7, 11) is 0. The van der Waals surface area contributed by atoms with Crippen LogP contribution in [0.25, 0.3) is 0 Å². The van der Waals surface area contributed by atoms with E-state index < -0.39 is 0 Å². The Bertz CT molecular complexity index is 458. The van der Waals surface area contributed by atoms with E-state index in [9.17, 15) is 0 Å². The summed E-state index contributed by atoms with van der Waals surface area (Å²) in [6, 6.07) is 0. The molecule has 1 saturated heterocycles. The van der Waals surface area contributed by atoms with Crippen molar-refractivity contribution in [2.75, 3.05) is 19.6 Å². The zero-order valence-corrected chi connectivity index (χ0v) is 13.6. The predicted molar refractivity (Wildman–Crippen MR) is 85.8 cm³/mol. The Labute approximate surface area is 125 Å². The molecule has 20 heavy (non-hydrogen) atoms. The molecule has 2 heterocycles. The van der Waals surface area contributed by atoms with Crippen LogP contribution < -0.4 is 5.73 Å². The van der Waals surface area contributed by atoms with Crippen molar-refractivity contribution in [3.8, 4) is 0 Å². The fraction of sp³-hybridized carbons (Fsp3) is 0.733. The van der Waals surface area contributed by atoms with E-state index in [1.54, 1.807) is 11.3 Å². The van der Waals surface area contributed by atoms with Crippen molar-refractivity contribution in [1.82, 2.24) is 9.88 Å². The lowest BCUT2D eigenvalue weighted by Crippen LogP contribution is -2.34. The minimum Gasteiger partial charge on any atom is -0.383 e. The quantitative estimate of drug-likeness (QED) is 0.648. The Morgan fingerprint density at radius 1 is 1.45 bits per heavy atom. The first-order valence-electron chi connectivity index (χ1n) is 7.53. The van der Waals surface area contributed by atoms with Crippen molar-refractivity contribution < 1.29 is 0 Å². The smallest absolute Gasteiger partial charge is 0.135 e. The second-order valence-electron chi connectivity index (χ2n) is 6.16. The van der Waals surface area contributed by atoms with E-state index in [1.807, 2.05) is 0 Å². The number of piperidine rings is 1. The van der Waals surface area contributed by atoms with E-state index in [4.69, 9.17) is 16.1 Å². The van der Waals surface area contributed by atoms with Crippen LogP contribution in [0, 0.1) is 11.3 Å². The second-order valence-corrected chi connectivity index (χ2v) is 7.25. The monoisotopic (exact) mass is 294 g/mol. The maximum Gasteiger partial charge on any atom is 0.135 e. The number of amidine groups is 1. The first-order valence-corrected chi connectivity index (χ1v) is 8.35. The topological polar surface area (TPSA) is 66.0 Å². The standard InChI is InChI=1S/C15H26N4S/c1-10(2)13-14(15(16)17)20-12(18-13)6-9-19-7-4-11(3)5-8-19/h10-11H,4-9H2,1-3H3,(H3,16,17). The van der Waals surface area contributed by atoms with Crippen LogP contribution in [0.3, 0.4) is 0 Å². The Morgan fingerprint density at radius 2 is 2.10 bits per heavy atom. The highest BCUT2D eigenvalue weighted by Gasteiger charge is 2.18. The van der Waals surface area contributed by atoms with Gasteiger partial charge in [-0.1, -0.05) is 20.8 Å². The fourth-order valence-electron chi connectivity index (χ4n) is 2.61. The number of nitrogens with one attached hydrogen (secondary N) is 1. The van der Waals surface area contributed by atoms with Crippen LogP contribution >= 0.6 is 11.3 Å². The molecule has 3 N–H and O–H groups in total. The molecule has 0 atom stereocenters. The molecular formula is C15H26N4S. The van der Waals surface area contributed by atoms with Crippen molar-refractivity contribution >= 4 is 17.2 Å². The normalized spacial score (nSPS) is 17.8.